The van der Waals surface area contributed by atoms with Gasteiger partial charge in [-0.15, -0.1) is 11.3 Å². The van der Waals surface area contributed by atoms with Gasteiger partial charge in [0.15, 0.2) is 0 Å². The van der Waals surface area contributed by atoms with Gasteiger partial charge in [-0.05, 0) is 30.5 Å². The molecule has 0 unspecified atom stereocenters. The maximum Gasteiger partial charge on any atom is 0.257 e. The predicted molar refractivity (Wildman–Crippen MR) is 114 cm³/mol. The molecule has 0 N–H and O–H groups in total. The summed E-state index contributed by atoms with van der Waals surface area (Å²) in [6.07, 6.45) is 0. The van der Waals surface area contributed by atoms with Crippen molar-refractivity contribution in [3.8, 4) is 16.3 Å². The van der Waals surface area contributed by atoms with Gasteiger partial charge in [-0.1, -0.05) is 12.1 Å². The Morgan fingerprint density at radius 1 is 1.14 bits per heavy atom. The molecule has 1 fully saturated rings. The van der Waals surface area contributed by atoms with E-state index in [1.165, 1.54) is 5.56 Å². The molecule has 4 rings (SSSR count). The molecule has 0 atom stereocenters. The summed E-state index contributed by atoms with van der Waals surface area (Å²) in [6.45, 7) is 6.48. The van der Waals surface area contributed by atoms with Crippen LogP contribution in [0.25, 0.3) is 10.6 Å². The number of rotatable bonds is 6. The highest BCUT2D eigenvalue weighted by molar-refractivity contribution is 7.14. The van der Waals surface area contributed by atoms with E-state index >= 15 is 0 Å². The topological polar surface area (TPSA) is 45.7 Å². The number of thiophene rings is 1. The molecule has 0 spiro atoms. The van der Waals surface area contributed by atoms with Gasteiger partial charge in [-0.25, -0.2) is 4.98 Å². The van der Waals surface area contributed by atoms with Crippen molar-refractivity contribution in [3.63, 3.8) is 0 Å². The number of ether oxygens (including phenoxy) is 1. The monoisotopic (exact) mass is 413 g/mol. The van der Waals surface area contributed by atoms with E-state index in [1.807, 2.05) is 36.1 Å². The summed E-state index contributed by atoms with van der Waals surface area (Å²) < 4.78 is 5.62. The Labute approximate surface area is 173 Å². The molecule has 0 aliphatic carbocycles. The fourth-order valence-electron chi connectivity index (χ4n) is 3.33. The lowest BCUT2D eigenvalue weighted by Gasteiger charge is -2.34. The summed E-state index contributed by atoms with van der Waals surface area (Å²) in [5.41, 5.74) is 2.95. The van der Waals surface area contributed by atoms with Gasteiger partial charge in [0.25, 0.3) is 5.91 Å². The Hall–Kier alpha value is -2.22. The smallest absolute Gasteiger partial charge is 0.257 e. The van der Waals surface area contributed by atoms with Crippen molar-refractivity contribution >= 4 is 28.6 Å². The number of para-hydroxylation sites is 1. The van der Waals surface area contributed by atoms with Crippen molar-refractivity contribution in [1.29, 1.82) is 0 Å². The van der Waals surface area contributed by atoms with Gasteiger partial charge in [-0.2, -0.15) is 11.3 Å². The third-order valence-electron chi connectivity index (χ3n) is 4.78. The van der Waals surface area contributed by atoms with Gasteiger partial charge in [0.05, 0.1) is 17.9 Å². The number of hydrogen-bond acceptors (Lipinski definition) is 6. The van der Waals surface area contributed by atoms with Crippen LogP contribution >= 0.6 is 22.7 Å². The van der Waals surface area contributed by atoms with Gasteiger partial charge in [0.1, 0.15) is 10.8 Å². The van der Waals surface area contributed by atoms with Crippen molar-refractivity contribution in [2.75, 3.05) is 32.8 Å². The van der Waals surface area contributed by atoms with Crippen LogP contribution in [-0.4, -0.2) is 53.5 Å². The number of aromatic nitrogens is 1. The van der Waals surface area contributed by atoms with E-state index in [9.17, 15) is 4.79 Å². The Balaban J connectivity index is 1.34. The van der Waals surface area contributed by atoms with Crippen LogP contribution in [0.3, 0.4) is 0 Å². The molecule has 0 radical (unpaired) electrons. The molecule has 5 nitrogen and oxygen atoms in total. The van der Waals surface area contributed by atoms with Gasteiger partial charge in [-0.3, -0.25) is 9.69 Å². The zero-order valence-corrected chi connectivity index (χ0v) is 17.5. The van der Waals surface area contributed by atoms with Crippen LogP contribution in [0.1, 0.15) is 23.0 Å². The second kappa shape index (κ2) is 8.86. The number of benzene rings is 1. The van der Waals surface area contributed by atoms with Gasteiger partial charge in [0.2, 0.25) is 0 Å². The Morgan fingerprint density at radius 3 is 2.71 bits per heavy atom. The molecule has 146 valence electrons. The quantitative estimate of drug-likeness (QED) is 0.607. The fraction of sp³-hybridized carbons (Fsp3) is 0.333. The highest BCUT2D eigenvalue weighted by atomic mass is 32.1. The molecular weight excluding hydrogens is 390 g/mol. The first-order valence-corrected chi connectivity index (χ1v) is 11.3. The highest BCUT2D eigenvalue weighted by Gasteiger charge is 2.24. The summed E-state index contributed by atoms with van der Waals surface area (Å²) in [7, 11) is 0. The number of nitrogens with zero attached hydrogens (tertiary/aromatic N) is 3. The highest BCUT2D eigenvalue weighted by Crippen LogP contribution is 2.26. The van der Waals surface area contributed by atoms with Crippen LogP contribution in [0.2, 0.25) is 0 Å². The van der Waals surface area contributed by atoms with E-state index in [2.05, 4.69) is 27.1 Å². The average Bonchev–Trinajstić information content (AvgIpc) is 3.41. The standard InChI is InChI=1S/C21H23N3O2S2/c1-2-26-19-6-4-3-5-18(19)21(25)24-10-8-23(9-11-24)13-17-15-28-20(22-17)16-7-12-27-14-16/h3-7,12,14-15H,2,8-11,13H2,1H3. The number of thiazole rings is 1. The second-order valence-corrected chi connectivity index (χ2v) is 8.29. The van der Waals surface area contributed by atoms with Crippen LogP contribution in [0.5, 0.6) is 5.75 Å². The summed E-state index contributed by atoms with van der Waals surface area (Å²) in [6, 6.07) is 9.61. The number of piperazine rings is 1. The molecule has 1 aliphatic heterocycles. The maximum atomic E-state index is 12.9. The Morgan fingerprint density at radius 2 is 1.96 bits per heavy atom. The third-order valence-corrected chi connectivity index (χ3v) is 6.41. The molecule has 7 heteroatoms. The molecule has 3 aromatic rings. The normalized spacial score (nSPS) is 15.0. The molecule has 28 heavy (non-hydrogen) atoms. The maximum absolute atomic E-state index is 12.9. The first-order chi connectivity index (χ1) is 13.7. The molecule has 1 aromatic carbocycles. The Kier molecular flexibility index (Phi) is 6.04. The van der Waals surface area contributed by atoms with Crippen molar-refractivity contribution in [2.45, 2.75) is 13.5 Å². The van der Waals surface area contributed by atoms with E-state index in [1.54, 1.807) is 22.7 Å². The van der Waals surface area contributed by atoms with Crippen molar-refractivity contribution in [2.24, 2.45) is 0 Å². The average molecular weight is 414 g/mol. The molecule has 0 bridgehead atoms. The second-order valence-electron chi connectivity index (χ2n) is 6.65. The fourth-order valence-corrected chi connectivity index (χ4v) is 4.85. The molecular formula is C21H23N3O2S2. The van der Waals surface area contributed by atoms with Crippen LogP contribution in [0.15, 0.2) is 46.5 Å². The van der Waals surface area contributed by atoms with Crippen molar-refractivity contribution in [1.82, 2.24) is 14.8 Å². The third kappa shape index (κ3) is 4.27. The molecule has 2 aromatic heterocycles. The largest absolute Gasteiger partial charge is 0.493 e. The van der Waals surface area contributed by atoms with Crippen LogP contribution < -0.4 is 4.74 Å². The number of amides is 1. The molecule has 0 saturated carbocycles. The lowest BCUT2D eigenvalue weighted by Crippen LogP contribution is -2.48. The first kappa shape index (κ1) is 19.1. The predicted octanol–water partition coefficient (Wildman–Crippen LogP) is 4.23. The summed E-state index contributed by atoms with van der Waals surface area (Å²) in [5.74, 6) is 0.720. The van der Waals surface area contributed by atoms with Crippen LogP contribution in [0, 0.1) is 0 Å². The zero-order valence-electron chi connectivity index (χ0n) is 15.8. The summed E-state index contributed by atoms with van der Waals surface area (Å²) >= 11 is 3.39. The van der Waals surface area contributed by atoms with Gasteiger partial charge >= 0.3 is 0 Å². The summed E-state index contributed by atoms with van der Waals surface area (Å²) in [5, 5.41) is 7.43. The van der Waals surface area contributed by atoms with Gasteiger partial charge in [0, 0.05) is 49.0 Å². The van der Waals surface area contributed by atoms with E-state index in [0.717, 1.165) is 43.4 Å². The van der Waals surface area contributed by atoms with E-state index < -0.39 is 0 Å². The molecule has 1 saturated heterocycles. The minimum absolute atomic E-state index is 0.0529. The molecule has 3 heterocycles. The van der Waals surface area contributed by atoms with Gasteiger partial charge < -0.3 is 9.64 Å². The number of carbonyl (C=O) groups is 1. The van der Waals surface area contributed by atoms with Crippen LogP contribution in [-0.2, 0) is 6.54 Å². The summed E-state index contributed by atoms with van der Waals surface area (Å²) in [4.78, 5) is 22.0. The first-order valence-electron chi connectivity index (χ1n) is 9.45. The minimum atomic E-state index is 0.0529. The lowest BCUT2D eigenvalue weighted by molar-refractivity contribution is 0.0623. The van der Waals surface area contributed by atoms with E-state index in [0.29, 0.717) is 17.9 Å². The minimum Gasteiger partial charge on any atom is -0.493 e. The van der Waals surface area contributed by atoms with Crippen LogP contribution in [0.4, 0.5) is 0 Å². The Bertz CT molecular complexity index is 915. The zero-order chi connectivity index (χ0) is 19.3. The molecule has 1 amide bonds. The van der Waals surface area contributed by atoms with E-state index in [4.69, 9.17) is 9.72 Å². The van der Waals surface area contributed by atoms with Crippen molar-refractivity contribution in [3.05, 3.63) is 57.7 Å². The molecule has 1 aliphatic rings. The van der Waals surface area contributed by atoms with E-state index in [-0.39, 0.29) is 5.91 Å². The number of hydrogen-bond donors (Lipinski definition) is 0. The lowest BCUT2D eigenvalue weighted by atomic mass is 10.1. The number of carbonyl (C=O) groups excluding carboxylic acids is 1. The SMILES string of the molecule is CCOc1ccccc1C(=O)N1CCN(Cc2csc(-c3ccsc3)n2)CC1. The van der Waals surface area contributed by atoms with Crippen molar-refractivity contribution < 1.29 is 9.53 Å².